The van der Waals surface area contributed by atoms with E-state index in [2.05, 4.69) is 10.6 Å². The van der Waals surface area contributed by atoms with Crippen LogP contribution in [0, 0.1) is 0 Å². The first kappa shape index (κ1) is 29.5. The first-order valence-electron chi connectivity index (χ1n) is 12.8. The third kappa shape index (κ3) is 10.1. The van der Waals surface area contributed by atoms with Crippen LogP contribution in [0.3, 0.4) is 0 Å². The van der Waals surface area contributed by atoms with Crippen LogP contribution in [-0.4, -0.2) is 85.1 Å². The van der Waals surface area contributed by atoms with E-state index in [1.54, 1.807) is 24.3 Å². The summed E-state index contributed by atoms with van der Waals surface area (Å²) in [5, 5.41) is 25.8. The maximum Gasteiger partial charge on any atom is 0.253 e. The Hall–Kier alpha value is -2.78. The van der Waals surface area contributed by atoms with E-state index < -0.39 is 12.1 Å². The van der Waals surface area contributed by atoms with Crippen LogP contribution in [0.15, 0.2) is 54.6 Å². The molecule has 36 heavy (non-hydrogen) atoms. The molecule has 2 amide bonds. The number of hydrogen-bond acceptors (Lipinski definition) is 6. The molecule has 0 bridgehead atoms. The van der Waals surface area contributed by atoms with E-state index >= 15 is 0 Å². The molecule has 0 spiro atoms. The number of aliphatic hydroxyl groups is 2. The summed E-state index contributed by atoms with van der Waals surface area (Å²) in [7, 11) is 0. The van der Waals surface area contributed by atoms with Crippen molar-refractivity contribution in [2.45, 2.75) is 45.3 Å². The smallest absolute Gasteiger partial charge is 0.253 e. The highest BCUT2D eigenvalue weighted by molar-refractivity contribution is 5.99. The van der Waals surface area contributed by atoms with E-state index in [1.165, 1.54) is 0 Å². The van der Waals surface area contributed by atoms with Crippen LogP contribution in [-0.2, 0) is 11.2 Å². The van der Waals surface area contributed by atoms with Gasteiger partial charge in [0.25, 0.3) is 11.8 Å². The van der Waals surface area contributed by atoms with Crippen LogP contribution in [0.2, 0.25) is 0 Å². The van der Waals surface area contributed by atoms with Crippen molar-refractivity contribution >= 4 is 11.8 Å². The summed E-state index contributed by atoms with van der Waals surface area (Å²) in [6.07, 6.45) is 1.34. The summed E-state index contributed by atoms with van der Waals surface area (Å²) >= 11 is 0. The van der Waals surface area contributed by atoms with E-state index in [4.69, 9.17) is 9.84 Å². The van der Waals surface area contributed by atoms with Gasteiger partial charge < -0.3 is 30.5 Å². The van der Waals surface area contributed by atoms with E-state index in [1.807, 2.05) is 49.1 Å². The van der Waals surface area contributed by atoms with Crippen molar-refractivity contribution in [1.29, 1.82) is 0 Å². The number of nitrogens with one attached hydrogen (secondary N) is 2. The van der Waals surface area contributed by atoms with Gasteiger partial charge in [-0.05, 0) is 43.0 Å². The summed E-state index contributed by atoms with van der Waals surface area (Å²) in [4.78, 5) is 28.0. The van der Waals surface area contributed by atoms with E-state index in [0.29, 0.717) is 43.8 Å². The van der Waals surface area contributed by atoms with Gasteiger partial charge in [0.15, 0.2) is 0 Å². The minimum atomic E-state index is -0.846. The molecule has 8 heteroatoms. The van der Waals surface area contributed by atoms with Crippen molar-refractivity contribution in [3.63, 3.8) is 0 Å². The normalized spacial score (nSPS) is 12.7. The van der Waals surface area contributed by atoms with Gasteiger partial charge in [-0.25, -0.2) is 0 Å². The molecule has 2 aromatic rings. The fraction of sp³-hybridized carbons (Fsp3) is 0.500. The van der Waals surface area contributed by atoms with Crippen molar-refractivity contribution in [1.82, 2.24) is 15.5 Å². The Balaban J connectivity index is 2.10. The topological polar surface area (TPSA) is 111 Å². The number of hydrogen-bond donors (Lipinski definition) is 4. The SMILES string of the molecule is CCCN(CCC)C(=O)c1cccc(C(=O)N[C@@H](Cc2ccccc2)[C@H](O)CNCCOCCO)c1. The summed E-state index contributed by atoms with van der Waals surface area (Å²) in [5.74, 6) is -0.421. The zero-order chi connectivity index (χ0) is 26.2. The molecule has 2 atom stereocenters. The minimum Gasteiger partial charge on any atom is -0.394 e. The number of ether oxygens (including phenoxy) is 1. The molecule has 0 aliphatic carbocycles. The Morgan fingerprint density at radius 3 is 2.33 bits per heavy atom. The summed E-state index contributed by atoms with van der Waals surface area (Å²) in [6, 6.07) is 15.9. The monoisotopic (exact) mass is 499 g/mol. The number of amides is 2. The van der Waals surface area contributed by atoms with Crippen molar-refractivity contribution < 1.29 is 24.5 Å². The first-order chi connectivity index (χ1) is 17.5. The van der Waals surface area contributed by atoms with Gasteiger partial charge in [0.2, 0.25) is 0 Å². The second-order valence-electron chi connectivity index (χ2n) is 8.75. The summed E-state index contributed by atoms with van der Waals surface area (Å²) in [6.45, 7) is 6.85. The molecule has 8 nitrogen and oxygen atoms in total. The van der Waals surface area contributed by atoms with Crippen molar-refractivity contribution in [2.75, 3.05) is 46.0 Å². The van der Waals surface area contributed by atoms with Gasteiger partial charge >= 0.3 is 0 Å². The molecule has 0 fully saturated rings. The predicted molar refractivity (Wildman–Crippen MR) is 141 cm³/mol. The number of carbonyl (C=O) groups is 2. The number of rotatable bonds is 17. The number of carbonyl (C=O) groups excluding carboxylic acids is 2. The molecular formula is C28H41N3O5. The maximum absolute atomic E-state index is 13.2. The summed E-state index contributed by atoms with van der Waals surface area (Å²) in [5.41, 5.74) is 1.85. The predicted octanol–water partition coefficient (Wildman–Crippen LogP) is 2.25. The summed E-state index contributed by atoms with van der Waals surface area (Å²) < 4.78 is 5.23. The van der Waals surface area contributed by atoms with Crippen molar-refractivity contribution in [3.05, 3.63) is 71.3 Å². The standard InChI is InChI=1S/C28H41N3O5/c1-3-14-31(15-4-2)28(35)24-12-8-11-23(20-24)27(34)30-25(19-22-9-6-5-7-10-22)26(33)21-29-13-17-36-18-16-32/h5-12,20,25-26,29,32-33H,3-4,13-19,21H2,1-2H3,(H,30,34)/t25-,26+/m0/s1. The first-order valence-corrected chi connectivity index (χ1v) is 12.8. The third-order valence-corrected chi connectivity index (χ3v) is 5.74. The van der Waals surface area contributed by atoms with Gasteiger partial charge in [0.1, 0.15) is 0 Å². The second kappa shape index (κ2) is 16.8. The Labute approximate surface area is 214 Å². The van der Waals surface area contributed by atoms with Crippen LogP contribution in [0.4, 0.5) is 0 Å². The highest BCUT2D eigenvalue weighted by Gasteiger charge is 2.23. The fourth-order valence-corrected chi connectivity index (χ4v) is 3.94. The van der Waals surface area contributed by atoms with E-state index in [0.717, 1.165) is 18.4 Å². The zero-order valence-corrected chi connectivity index (χ0v) is 21.5. The van der Waals surface area contributed by atoms with Crippen molar-refractivity contribution in [2.24, 2.45) is 0 Å². The maximum atomic E-state index is 13.2. The number of aliphatic hydroxyl groups excluding tert-OH is 2. The lowest BCUT2D eigenvalue weighted by Gasteiger charge is -2.25. The van der Waals surface area contributed by atoms with E-state index in [9.17, 15) is 14.7 Å². The Bertz CT molecular complexity index is 903. The molecular weight excluding hydrogens is 458 g/mol. The quantitative estimate of drug-likeness (QED) is 0.249. The van der Waals surface area contributed by atoms with Gasteiger partial charge in [-0.1, -0.05) is 50.2 Å². The van der Waals surface area contributed by atoms with Crippen LogP contribution in [0.25, 0.3) is 0 Å². The van der Waals surface area contributed by atoms with Gasteiger partial charge in [0.05, 0.1) is 32.0 Å². The number of nitrogens with zero attached hydrogens (tertiary/aromatic N) is 1. The molecule has 4 N–H and O–H groups in total. The second-order valence-corrected chi connectivity index (χ2v) is 8.75. The minimum absolute atomic E-state index is 0.0319. The molecule has 0 radical (unpaired) electrons. The van der Waals surface area contributed by atoms with Crippen LogP contribution >= 0.6 is 0 Å². The molecule has 0 aliphatic heterocycles. The van der Waals surface area contributed by atoms with Gasteiger partial charge in [0, 0.05) is 37.3 Å². The lowest BCUT2D eigenvalue weighted by Crippen LogP contribution is -2.49. The lowest BCUT2D eigenvalue weighted by atomic mass is 10.00. The van der Waals surface area contributed by atoms with E-state index in [-0.39, 0.29) is 31.6 Å². The third-order valence-electron chi connectivity index (χ3n) is 5.74. The van der Waals surface area contributed by atoms with Crippen molar-refractivity contribution in [3.8, 4) is 0 Å². The molecule has 0 aliphatic rings. The molecule has 198 valence electrons. The van der Waals surface area contributed by atoms with Gasteiger partial charge in [-0.3, -0.25) is 9.59 Å². The molecule has 0 unspecified atom stereocenters. The molecule has 0 heterocycles. The Morgan fingerprint density at radius 1 is 0.972 bits per heavy atom. The van der Waals surface area contributed by atoms with Crippen LogP contribution in [0.5, 0.6) is 0 Å². The zero-order valence-electron chi connectivity index (χ0n) is 21.5. The lowest BCUT2D eigenvalue weighted by molar-refractivity contribution is 0.0755. The van der Waals surface area contributed by atoms with Gasteiger partial charge in [-0.2, -0.15) is 0 Å². The number of benzene rings is 2. The highest BCUT2D eigenvalue weighted by atomic mass is 16.5. The largest absolute Gasteiger partial charge is 0.394 e. The van der Waals surface area contributed by atoms with Crippen LogP contribution < -0.4 is 10.6 Å². The average Bonchev–Trinajstić information content (AvgIpc) is 2.90. The Kier molecular flexibility index (Phi) is 13.8. The van der Waals surface area contributed by atoms with Crippen LogP contribution in [0.1, 0.15) is 53.0 Å². The average molecular weight is 500 g/mol. The van der Waals surface area contributed by atoms with Gasteiger partial charge in [-0.15, -0.1) is 0 Å². The molecule has 2 aromatic carbocycles. The molecule has 0 saturated carbocycles. The molecule has 2 rings (SSSR count). The molecule has 0 aromatic heterocycles. The fourth-order valence-electron chi connectivity index (χ4n) is 3.94. The Morgan fingerprint density at radius 2 is 1.67 bits per heavy atom. The highest BCUT2D eigenvalue weighted by Crippen LogP contribution is 2.12. The molecule has 0 saturated heterocycles.